The first-order valence-corrected chi connectivity index (χ1v) is 8.10. The number of likely N-dealkylation sites (N-methyl/N-ethyl adjacent to an activating group) is 1. The molecule has 1 N–H and O–H groups in total. The number of aliphatic hydroxyl groups excluding tert-OH is 1. The monoisotopic (exact) mass is 313 g/mol. The number of nitrogens with zero attached hydrogens (tertiary/aromatic N) is 1. The van der Waals surface area contributed by atoms with Gasteiger partial charge in [-0.2, -0.15) is 0 Å². The Morgan fingerprint density at radius 1 is 1.24 bits per heavy atom. The number of ether oxygens (including phenoxy) is 1. The second-order valence-corrected chi connectivity index (χ2v) is 6.15. The molecule has 0 aliphatic heterocycles. The van der Waals surface area contributed by atoms with E-state index in [0.29, 0.717) is 19.1 Å². The predicted molar refractivity (Wildman–Crippen MR) is 89.6 cm³/mol. The van der Waals surface area contributed by atoms with Crippen molar-refractivity contribution in [2.45, 2.75) is 46.6 Å². The molecule has 120 valence electrons. The van der Waals surface area contributed by atoms with Gasteiger partial charge in [0.05, 0.1) is 0 Å². The molecule has 1 rings (SSSR count). The van der Waals surface area contributed by atoms with E-state index in [1.165, 1.54) is 0 Å². The maximum absolute atomic E-state index is 10.1. The lowest BCUT2D eigenvalue weighted by molar-refractivity contribution is 0.0712. The third-order valence-corrected chi connectivity index (χ3v) is 4.11. The highest BCUT2D eigenvalue weighted by Crippen LogP contribution is 2.32. The highest BCUT2D eigenvalue weighted by molar-refractivity contribution is 6.31. The number of hydrogen-bond acceptors (Lipinski definition) is 3. The summed E-state index contributed by atoms with van der Waals surface area (Å²) in [5.74, 6) is 1.16. The fraction of sp³-hybridized carbons (Fsp3) is 0.647. The zero-order valence-electron chi connectivity index (χ0n) is 13.8. The molecule has 0 saturated heterocycles. The van der Waals surface area contributed by atoms with Gasteiger partial charge in [0.1, 0.15) is 18.5 Å². The number of halogens is 1. The molecule has 0 aromatic heterocycles. The Bertz CT molecular complexity index is 445. The summed E-state index contributed by atoms with van der Waals surface area (Å²) in [7, 11) is 0. The molecule has 0 saturated carbocycles. The minimum atomic E-state index is -0.485. The van der Waals surface area contributed by atoms with E-state index in [-0.39, 0.29) is 0 Å². The third kappa shape index (κ3) is 5.50. The van der Waals surface area contributed by atoms with E-state index in [1.54, 1.807) is 0 Å². The van der Waals surface area contributed by atoms with Crippen LogP contribution in [-0.4, -0.2) is 42.4 Å². The molecule has 0 amide bonds. The zero-order valence-corrected chi connectivity index (χ0v) is 14.6. The van der Waals surface area contributed by atoms with Crippen LogP contribution in [0.1, 0.15) is 44.7 Å². The van der Waals surface area contributed by atoms with Crippen molar-refractivity contribution in [3.63, 3.8) is 0 Å². The van der Waals surface area contributed by atoms with Crippen LogP contribution in [0.4, 0.5) is 0 Å². The Hall–Kier alpha value is -0.770. The van der Waals surface area contributed by atoms with Gasteiger partial charge < -0.3 is 14.7 Å². The van der Waals surface area contributed by atoms with Crippen LogP contribution < -0.4 is 4.74 Å². The van der Waals surface area contributed by atoms with E-state index in [0.717, 1.165) is 35.0 Å². The van der Waals surface area contributed by atoms with Gasteiger partial charge >= 0.3 is 0 Å². The molecule has 1 aromatic rings. The molecule has 0 spiro atoms. The molecule has 0 aliphatic carbocycles. The van der Waals surface area contributed by atoms with Crippen LogP contribution in [0.3, 0.4) is 0 Å². The van der Waals surface area contributed by atoms with Crippen molar-refractivity contribution in [3.05, 3.63) is 28.3 Å². The first-order chi connectivity index (χ1) is 9.88. The average Bonchev–Trinajstić information content (AvgIpc) is 2.45. The summed E-state index contributed by atoms with van der Waals surface area (Å²) in [6, 6.07) is 3.93. The highest BCUT2D eigenvalue weighted by atomic mass is 35.5. The van der Waals surface area contributed by atoms with Crippen molar-refractivity contribution in [2.75, 3.05) is 26.2 Å². The lowest BCUT2D eigenvalue weighted by Crippen LogP contribution is -2.35. The summed E-state index contributed by atoms with van der Waals surface area (Å²) >= 11 is 6.19. The topological polar surface area (TPSA) is 32.7 Å². The Morgan fingerprint density at radius 2 is 1.86 bits per heavy atom. The van der Waals surface area contributed by atoms with E-state index in [1.807, 2.05) is 19.1 Å². The van der Waals surface area contributed by atoms with E-state index < -0.39 is 6.10 Å². The predicted octanol–water partition coefficient (Wildman–Crippen LogP) is 3.85. The first kappa shape index (κ1) is 18.3. The summed E-state index contributed by atoms with van der Waals surface area (Å²) in [5, 5.41) is 10.9. The molecule has 0 radical (unpaired) electrons. The van der Waals surface area contributed by atoms with Crippen molar-refractivity contribution in [3.8, 4) is 5.75 Å². The highest BCUT2D eigenvalue weighted by Gasteiger charge is 2.14. The summed E-state index contributed by atoms with van der Waals surface area (Å²) < 4.78 is 5.85. The third-order valence-electron chi connectivity index (χ3n) is 3.71. The van der Waals surface area contributed by atoms with Gasteiger partial charge in [-0.25, -0.2) is 0 Å². The van der Waals surface area contributed by atoms with Gasteiger partial charge in [0.15, 0.2) is 0 Å². The Morgan fingerprint density at radius 3 is 2.38 bits per heavy atom. The molecule has 21 heavy (non-hydrogen) atoms. The summed E-state index contributed by atoms with van der Waals surface area (Å²) in [4.78, 5) is 2.19. The minimum absolute atomic E-state index is 0.303. The smallest absolute Gasteiger partial charge is 0.123 e. The maximum atomic E-state index is 10.1. The summed E-state index contributed by atoms with van der Waals surface area (Å²) in [5.41, 5.74) is 2.08. The van der Waals surface area contributed by atoms with E-state index >= 15 is 0 Å². The van der Waals surface area contributed by atoms with Crippen molar-refractivity contribution in [1.29, 1.82) is 0 Å². The molecule has 1 aromatic carbocycles. The number of benzene rings is 1. The van der Waals surface area contributed by atoms with Crippen LogP contribution in [0.15, 0.2) is 12.1 Å². The Balaban J connectivity index is 2.72. The molecular weight excluding hydrogens is 286 g/mol. The molecule has 0 heterocycles. The average molecular weight is 314 g/mol. The van der Waals surface area contributed by atoms with E-state index in [9.17, 15) is 5.11 Å². The first-order valence-electron chi connectivity index (χ1n) is 7.72. The van der Waals surface area contributed by atoms with Crippen molar-refractivity contribution >= 4 is 11.6 Å². The molecule has 0 unspecified atom stereocenters. The lowest BCUT2D eigenvalue weighted by atomic mass is 10.0. The van der Waals surface area contributed by atoms with Crippen molar-refractivity contribution < 1.29 is 9.84 Å². The second-order valence-electron chi connectivity index (χ2n) is 5.74. The van der Waals surface area contributed by atoms with Gasteiger partial charge in [-0.05, 0) is 49.2 Å². The van der Waals surface area contributed by atoms with Crippen LogP contribution in [0.5, 0.6) is 5.75 Å². The molecule has 4 heteroatoms. The van der Waals surface area contributed by atoms with Gasteiger partial charge in [0.2, 0.25) is 0 Å². The molecule has 0 fully saturated rings. The van der Waals surface area contributed by atoms with Crippen LogP contribution in [0.25, 0.3) is 0 Å². The van der Waals surface area contributed by atoms with Crippen LogP contribution in [0.2, 0.25) is 5.02 Å². The molecule has 1 atom stereocenters. The molecular formula is C17H28ClNO2. The van der Waals surface area contributed by atoms with Gasteiger partial charge in [0.25, 0.3) is 0 Å². The summed E-state index contributed by atoms with van der Waals surface area (Å²) in [6.07, 6.45) is -0.485. The molecule has 0 bridgehead atoms. The van der Waals surface area contributed by atoms with Crippen LogP contribution >= 0.6 is 11.6 Å². The Kier molecular flexibility index (Phi) is 7.50. The fourth-order valence-corrected chi connectivity index (χ4v) is 2.44. The van der Waals surface area contributed by atoms with Gasteiger partial charge in [-0.1, -0.05) is 39.3 Å². The van der Waals surface area contributed by atoms with Gasteiger partial charge in [0, 0.05) is 11.6 Å². The van der Waals surface area contributed by atoms with E-state index in [2.05, 4.69) is 32.6 Å². The van der Waals surface area contributed by atoms with Crippen molar-refractivity contribution in [2.24, 2.45) is 0 Å². The largest absolute Gasteiger partial charge is 0.491 e. The quantitative estimate of drug-likeness (QED) is 0.791. The second kappa shape index (κ2) is 8.62. The number of rotatable bonds is 8. The normalized spacial score (nSPS) is 13.0. The Labute approximate surface area is 133 Å². The molecule has 3 nitrogen and oxygen atoms in total. The summed E-state index contributed by atoms with van der Waals surface area (Å²) in [6.45, 7) is 13.2. The zero-order chi connectivity index (χ0) is 16.0. The number of aliphatic hydroxyl groups is 1. The number of aryl methyl sites for hydroxylation is 1. The molecule has 0 aliphatic rings. The lowest BCUT2D eigenvalue weighted by Gasteiger charge is -2.23. The minimum Gasteiger partial charge on any atom is -0.491 e. The SMILES string of the molecule is CCN(CC)C[C@@H](O)COc1cc(C)c(Cl)cc1C(C)C. The standard InChI is InChI=1S/C17H28ClNO2/c1-6-19(7-2)10-14(20)11-21-17-8-13(5)16(18)9-15(17)12(3)4/h8-9,12,14,20H,6-7,10-11H2,1-5H3/t14-/m1/s1. The van der Waals surface area contributed by atoms with Crippen LogP contribution in [0, 0.1) is 6.92 Å². The van der Waals surface area contributed by atoms with E-state index in [4.69, 9.17) is 16.3 Å². The van der Waals surface area contributed by atoms with Gasteiger partial charge in [-0.3, -0.25) is 0 Å². The van der Waals surface area contributed by atoms with Crippen LogP contribution in [-0.2, 0) is 0 Å². The maximum Gasteiger partial charge on any atom is 0.123 e. The van der Waals surface area contributed by atoms with Gasteiger partial charge in [-0.15, -0.1) is 0 Å². The van der Waals surface area contributed by atoms with Crippen molar-refractivity contribution in [1.82, 2.24) is 4.90 Å². The fourth-order valence-electron chi connectivity index (χ4n) is 2.27. The number of hydrogen-bond donors (Lipinski definition) is 1.